The van der Waals surface area contributed by atoms with Crippen molar-refractivity contribution in [2.24, 2.45) is 17.6 Å². The van der Waals surface area contributed by atoms with E-state index in [1.165, 1.54) is 0 Å². The Balaban J connectivity index is 4.62. The van der Waals surface area contributed by atoms with E-state index in [2.05, 4.69) is 13.8 Å². The highest BCUT2D eigenvalue weighted by Gasteiger charge is 2.43. The normalized spacial score (nSPS) is 18.1. The second-order valence-electron chi connectivity index (χ2n) is 5.68. The van der Waals surface area contributed by atoms with Gasteiger partial charge in [-0.15, -0.1) is 0 Å². The Morgan fingerprint density at radius 3 is 1.89 bits per heavy atom. The predicted octanol–water partition coefficient (Wildman–Crippen LogP) is 3.81. The zero-order chi connectivity index (χ0) is 14.2. The van der Waals surface area contributed by atoms with Crippen molar-refractivity contribution >= 4 is 5.97 Å². The highest BCUT2D eigenvalue weighted by Crippen LogP contribution is 2.31. The average molecular weight is 257 g/mol. The van der Waals surface area contributed by atoms with Crippen LogP contribution in [0.15, 0.2) is 0 Å². The molecule has 3 N–H and O–H groups in total. The average Bonchev–Trinajstić information content (AvgIpc) is 2.34. The molecule has 0 radical (unpaired) electrons. The van der Waals surface area contributed by atoms with Gasteiger partial charge < -0.3 is 10.8 Å². The maximum absolute atomic E-state index is 11.6. The van der Waals surface area contributed by atoms with Gasteiger partial charge in [0.05, 0.1) is 0 Å². The molecule has 0 aromatic carbocycles. The Kier molecular flexibility index (Phi) is 8.25. The molecule has 0 aromatic heterocycles. The van der Waals surface area contributed by atoms with Crippen LogP contribution in [0.5, 0.6) is 0 Å². The molecule has 0 rings (SSSR count). The number of hydrogen-bond acceptors (Lipinski definition) is 2. The third-order valence-electron chi connectivity index (χ3n) is 4.23. The summed E-state index contributed by atoms with van der Waals surface area (Å²) in [5, 5.41) is 9.50. The lowest BCUT2D eigenvalue weighted by molar-refractivity contribution is -0.148. The number of nitrogens with two attached hydrogens (primary N) is 1. The number of unbranched alkanes of at least 4 members (excludes halogenated alkanes) is 3. The summed E-state index contributed by atoms with van der Waals surface area (Å²) in [6.07, 6.45) is 7.33. The fourth-order valence-corrected chi connectivity index (χ4v) is 2.60. The topological polar surface area (TPSA) is 63.3 Å². The minimum atomic E-state index is -1.07. The highest BCUT2D eigenvalue weighted by molar-refractivity contribution is 5.79. The van der Waals surface area contributed by atoms with Gasteiger partial charge in [-0.25, -0.2) is 0 Å². The minimum absolute atomic E-state index is 0.0339. The zero-order valence-corrected chi connectivity index (χ0v) is 12.5. The molecule has 108 valence electrons. The summed E-state index contributed by atoms with van der Waals surface area (Å²) in [5.41, 5.74) is 5.18. The molecule has 0 saturated heterocycles. The van der Waals surface area contributed by atoms with E-state index >= 15 is 0 Å². The van der Waals surface area contributed by atoms with Gasteiger partial charge >= 0.3 is 5.97 Å². The molecule has 0 bridgehead atoms. The third kappa shape index (κ3) is 4.60. The molecule has 18 heavy (non-hydrogen) atoms. The van der Waals surface area contributed by atoms with Crippen LogP contribution in [0.3, 0.4) is 0 Å². The molecule has 0 aliphatic heterocycles. The van der Waals surface area contributed by atoms with Gasteiger partial charge in [0.25, 0.3) is 0 Å². The molecule has 0 heterocycles. The van der Waals surface area contributed by atoms with Crippen LogP contribution in [0.1, 0.15) is 72.6 Å². The van der Waals surface area contributed by atoms with E-state index in [0.29, 0.717) is 0 Å². The third-order valence-corrected chi connectivity index (χ3v) is 4.23. The number of aliphatic carboxylic acids is 1. The molecule has 0 aliphatic rings. The largest absolute Gasteiger partial charge is 0.480 e. The van der Waals surface area contributed by atoms with Crippen LogP contribution in [-0.2, 0) is 4.79 Å². The lowest BCUT2D eigenvalue weighted by Crippen LogP contribution is -2.58. The van der Waals surface area contributed by atoms with Gasteiger partial charge in [0.15, 0.2) is 0 Å². The van der Waals surface area contributed by atoms with Gasteiger partial charge in [0, 0.05) is 0 Å². The molecule has 3 unspecified atom stereocenters. The molecule has 0 saturated carbocycles. The van der Waals surface area contributed by atoms with Crippen LogP contribution in [0.25, 0.3) is 0 Å². The summed E-state index contributed by atoms with van der Waals surface area (Å²) >= 11 is 0. The number of carbonyl (C=O) groups is 1. The lowest BCUT2D eigenvalue weighted by Gasteiger charge is -2.37. The molecular weight excluding hydrogens is 226 g/mol. The van der Waals surface area contributed by atoms with Crippen molar-refractivity contribution in [3.63, 3.8) is 0 Å². The molecule has 3 atom stereocenters. The van der Waals surface area contributed by atoms with Crippen LogP contribution in [0.4, 0.5) is 0 Å². The van der Waals surface area contributed by atoms with Crippen molar-refractivity contribution in [1.29, 1.82) is 0 Å². The minimum Gasteiger partial charge on any atom is -0.480 e. The van der Waals surface area contributed by atoms with Gasteiger partial charge in [-0.3, -0.25) is 4.79 Å². The van der Waals surface area contributed by atoms with Crippen molar-refractivity contribution in [2.45, 2.75) is 78.2 Å². The first-order valence-electron chi connectivity index (χ1n) is 7.43. The Labute approximate surface area is 112 Å². The van der Waals surface area contributed by atoms with E-state index in [9.17, 15) is 9.90 Å². The van der Waals surface area contributed by atoms with E-state index in [0.717, 1.165) is 44.9 Å². The molecule has 3 heteroatoms. The molecule has 0 aromatic rings. The summed E-state index contributed by atoms with van der Waals surface area (Å²) in [4.78, 5) is 11.6. The van der Waals surface area contributed by atoms with E-state index in [-0.39, 0.29) is 11.8 Å². The first-order valence-corrected chi connectivity index (χ1v) is 7.43. The zero-order valence-electron chi connectivity index (χ0n) is 12.5. The van der Waals surface area contributed by atoms with Gasteiger partial charge in [0.2, 0.25) is 0 Å². The Hall–Kier alpha value is -0.570. The summed E-state index contributed by atoms with van der Waals surface area (Å²) in [5.74, 6) is -0.768. The quantitative estimate of drug-likeness (QED) is 0.585. The Morgan fingerprint density at radius 2 is 1.50 bits per heavy atom. The smallest absolute Gasteiger partial charge is 0.324 e. The Bertz CT molecular complexity index is 243. The van der Waals surface area contributed by atoms with Gasteiger partial charge in [-0.1, -0.05) is 59.8 Å². The van der Waals surface area contributed by atoms with Gasteiger partial charge in [-0.2, -0.15) is 0 Å². The molecule has 0 fully saturated rings. The summed E-state index contributed by atoms with van der Waals surface area (Å²) in [7, 11) is 0. The standard InChI is InChI=1S/C15H31NO2/c1-5-7-9-11-13(4)15(16,14(17)18)12(3)10-8-6-2/h12-13H,5-11,16H2,1-4H3,(H,17,18). The van der Waals surface area contributed by atoms with Crippen molar-refractivity contribution < 1.29 is 9.90 Å². The van der Waals surface area contributed by atoms with Crippen LogP contribution in [0.2, 0.25) is 0 Å². The predicted molar refractivity (Wildman–Crippen MR) is 76.5 cm³/mol. The van der Waals surface area contributed by atoms with E-state index < -0.39 is 11.5 Å². The number of carboxylic acid groups (broad SMARTS) is 1. The summed E-state index contributed by atoms with van der Waals surface area (Å²) in [6, 6.07) is 0. The van der Waals surface area contributed by atoms with Crippen molar-refractivity contribution in [3.8, 4) is 0 Å². The fraction of sp³-hybridized carbons (Fsp3) is 0.933. The van der Waals surface area contributed by atoms with Crippen LogP contribution in [-0.4, -0.2) is 16.6 Å². The van der Waals surface area contributed by atoms with Crippen LogP contribution < -0.4 is 5.73 Å². The molecule has 0 aliphatic carbocycles. The van der Waals surface area contributed by atoms with Crippen molar-refractivity contribution in [1.82, 2.24) is 0 Å². The SMILES string of the molecule is CCCCCC(C)C(N)(C(=O)O)C(C)CCCC. The van der Waals surface area contributed by atoms with E-state index in [4.69, 9.17) is 5.73 Å². The first-order chi connectivity index (χ1) is 8.41. The lowest BCUT2D eigenvalue weighted by atomic mass is 9.72. The van der Waals surface area contributed by atoms with Gasteiger partial charge in [0.1, 0.15) is 5.54 Å². The van der Waals surface area contributed by atoms with E-state index in [1.54, 1.807) is 0 Å². The number of hydrogen-bond donors (Lipinski definition) is 2. The van der Waals surface area contributed by atoms with Crippen LogP contribution in [0, 0.1) is 11.8 Å². The maximum atomic E-state index is 11.6. The maximum Gasteiger partial charge on any atom is 0.324 e. The molecular formula is C15H31NO2. The highest BCUT2D eigenvalue weighted by atomic mass is 16.4. The van der Waals surface area contributed by atoms with Crippen molar-refractivity contribution in [3.05, 3.63) is 0 Å². The van der Waals surface area contributed by atoms with E-state index in [1.807, 2.05) is 13.8 Å². The summed E-state index contributed by atoms with van der Waals surface area (Å²) < 4.78 is 0. The molecule has 0 amide bonds. The number of rotatable bonds is 10. The monoisotopic (exact) mass is 257 g/mol. The van der Waals surface area contributed by atoms with Gasteiger partial charge in [-0.05, 0) is 24.7 Å². The fourth-order valence-electron chi connectivity index (χ4n) is 2.60. The number of carboxylic acids is 1. The second kappa shape index (κ2) is 8.52. The Morgan fingerprint density at radius 1 is 1.06 bits per heavy atom. The van der Waals surface area contributed by atoms with Crippen molar-refractivity contribution in [2.75, 3.05) is 0 Å². The summed E-state index contributed by atoms with van der Waals surface area (Å²) in [6.45, 7) is 8.25. The van der Waals surface area contributed by atoms with Crippen LogP contribution >= 0.6 is 0 Å². The molecule has 3 nitrogen and oxygen atoms in total. The molecule has 0 spiro atoms. The second-order valence-corrected chi connectivity index (χ2v) is 5.68. The first kappa shape index (κ1) is 17.4.